The summed E-state index contributed by atoms with van der Waals surface area (Å²) in [6.07, 6.45) is 3.29. The number of rotatable bonds is 8. The summed E-state index contributed by atoms with van der Waals surface area (Å²) in [5, 5.41) is 4.44. The number of carbonyl (C=O) groups is 2. The molecule has 2 N–H and O–H groups in total. The molecule has 8 rings (SSSR count). The number of hydrogen-bond acceptors (Lipinski definition) is 10. The molecule has 2 aliphatic heterocycles. The Labute approximate surface area is 308 Å². The van der Waals surface area contributed by atoms with Crippen LogP contribution in [0.1, 0.15) is 64.0 Å². The fraction of sp³-hybridized carbons (Fsp3) is 0.415. The SMILES string of the molecule is CCOC(=O)c1ncc2[nH]c3cccc(CN4CCOCC4)c3c2c1C.Cc1c(C(=O)OC(C)C)ncc2[nH]c3cccc(CN4CCOCC4)c3c12. The number of aromatic amines is 2. The standard InChI is InChI=1S/C21H25N3O3.C20H23N3O3/c1-13(2)27-21(25)20-14(3)18-17(11-22-20)23-16-6-4-5-15(19(16)18)12-24-7-9-26-10-8-24;1-3-26-20(24)19-13(2)17-16(11-21-19)22-15-6-4-5-14(18(15)17)12-23-7-9-25-10-8-23/h4-6,11,13,23H,7-10,12H2,1-3H3;4-6,11,22H,3,7-10,12H2,1-2H3. The number of morpholine rings is 2. The van der Waals surface area contributed by atoms with E-state index in [0.29, 0.717) is 18.0 Å². The molecule has 0 aliphatic carbocycles. The Kier molecular flexibility index (Phi) is 11.0. The van der Waals surface area contributed by atoms with Gasteiger partial charge in [0.1, 0.15) is 0 Å². The van der Waals surface area contributed by atoms with Crippen LogP contribution >= 0.6 is 0 Å². The Balaban J connectivity index is 0.000000164. The van der Waals surface area contributed by atoms with Gasteiger partial charge in [0.05, 0.1) is 62.6 Å². The molecule has 278 valence electrons. The third kappa shape index (κ3) is 7.63. The zero-order valence-electron chi connectivity index (χ0n) is 31.2. The van der Waals surface area contributed by atoms with Gasteiger partial charge in [-0.05, 0) is 69.0 Å². The van der Waals surface area contributed by atoms with Crippen LogP contribution in [0.15, 0.2) is 48.8 Å². The largest absolute Gasteiger partial charge is 0.461 e. The highest BCUT2D eigenvalue weighted by atomic mass is 16.5. The van der Waals surface area contributed by atoms with Gasteiger partial charge in [-0.25, -0.2) is 19.6 Å². The summed E-state index contributed by atoms with van der Waals surface area (Å²) in [7, 11) is 0. The molecule has 2 aromatic carbocycles. The van der Waals surface area contributed by atoms with Crippen molar-refractivity contribution < 1.29 is 28.5 Å². The number of fused-ring (bicyclic) bond motifs is 6. The molecular formula is C41H48N6O6. The van der Waals surface area contributed by atoms with Crippen molar-refractivity contribution in [2.75, 3.05) is 59.2 Å². The molecule has 6 aromatic rings. The van der Waals surface area contributed by atoms with E-state index >= 15 is 0 Å². The Morgan fingerprint density at radius 3 is 1.58 bits per heavy atom. The molecule has 0 unspecified atom stereocenters. The molecular weight excluding hydrogens is 672 g/mol. The van der Waals surface area contributed by atoms with Gasteiger partial charge in [-0.3, -0.25) is 9.80 Å². The summed E-state index contributed by atoms with van der Waals surface area (Å²) in [5.41, 5.74) is 9.02. The lowest BCUT2D eigenvalue weighted by Crippen LogP contribution is -2.35. The number of H-pyrrole nitrogens is 2. The van der Waals surface area contributed by atoms with Crippen LogP contribution in [0, 0.1) is 13.8 Å². The molecule has 4 aromatic heterocycles. The summed E-state index contributed by atoms with van der Waals surface area (Å²) in [6.45, 7) is 18.3. The van der Waals surface area contributed by atoms with E-state index in [-0.39, 0.29) is 18.0 Å². The average molecular weight is 721 g/mol. The summed E-state index contributed by atoms with van der Waals surface area (Å²) < 4.78 is 21.5. The van der Waals surface area contributed by atoms with E-state index in [4.69, 9.17) is 18.9 Å². The summed E-state index contributed by atoms with van der Waals surface area (Å²) in [6, 6.07) is 12.6. The molecule has 12 heteroatoms. The van der Waals surface area contributed by atoms with Crippen molar-refractivity contribution in [2.24, 2.45) is 0 Å². The van der Waals surface area contributed by atoms with Crippen molar-refractivity contribution in [1.29, 1.82) is 0 Å². The maximum absolute atomic E-state index is 12.5. The molecule has 0 spiro atoms. The van der Waals surface area contributed by atoms with Crippen LogP contribution in [0.2, 0.25) is 0 Å². The van der Waals surface area contributed by atoms with Gasteiger partial charge in [-0.15, -0.1) is 0 Å². The minimum Gasteiger partial charge on any atom is -0.461 e. The smallest absolute Gasteiger partial charge is 0.357 e. The van der Waals surface area contributed by atoms with E-state index in [9.17, 15) is 9.59 Å². The van der Waals surface area contributed by atoms with Gasteiger partial charge in [-0.2, -0.15) is 0 Å². The Bertz CT molecular complexity index is 2260. The number of hydrogen-bond donors (Lipinski definition) is 2. The molecule has 0 radical (unpaired) electrons. The molecule has 6 heterocycles. The van der Waals surface area contributed by atoms with Crippen LogP contribution in [-0.2, 0) is 32.0 Å². The zero-order chi connectivity index (χ0) is 37.1. The first kappa shape index (κ1) is 36.5. The molecule has 2 aliphatic rings. The van der Waals surface area contributed by atoms with Gasteiger partial charge in [0.25, 0.3) is 0 Å². The van der Waals surface area contributed by atoms with Gasteiger partial charge in [-0.1, -0.05) is 24.3 Å². The van der Waals surface area contributed by atoms with Crippen molar-refractivity contribution in [2.45, 2.75) is 53.8 Å². The fourth-order valence-electron chi connectivity index (χ4n) is 7.49. The number of aryl methyl sites for hydroxylation is 2. The first-order chi connectivity index (χ1) is 25.7. The lowest BCUT2D eigenvalue weighted by atomic mass is 10.0. The third-order valence-corrected chi connectivity index (χ3v) is 9.98. The van der Waals surface area contributed by atoms with Crippen LogP contribution in [0.4, 0.5) is 0 Å². The number of benzene rings is 2. The number of ether oxygens (including phenoxy) is 4. The number of pyridine rings is 2. The molecule has 53 heavy (non-hydrogen) atoms. The molecule has 0 atom stereocenters. The number of carbonyl (C=O) groups excluding carboxylic acids is 2. The maximum Gasteiger partial charge on any atom is 0.357 e. The van der Waals surface area contributed by atoms with Crippen LogP contribution in [0.5, 0.6) is 0 Å². The van der Waals surface area contributed by atoms with Crippen molar-refractivity contribution in [3.63, 3.8) is 0 Å². The minimum absolute atomic E-state index is 0.172. The lowest BCUT2D eigenvalue weighted by Gasteiger charge is -2.26. The van der Waals surface area contributed by atoms with E-state index in [1.54, 1.807) is 19.3 Å². The summed E-state index contributed by atoms with van der Waals surface area (Å²) in [4.78, 5) is 45.1. The fourth-order valence-corrected chi connectivity index (χ4v) is 7.49. The molecule has 2 fully saturated rings. The maximum atomic E-state index is 12.5. The van der Waals surface area contributed by atoms with E-state index < -0.39 is 0 Å². The normalized spacial score (nSPS) is 15.7. The highest BCUT2D eigenvalue weighted by Gasteiger charge is 2.22. The predicted molar refractivity (Wildman–Crippen MR) is 205 cm³/mol. The zero-order valence-corrected chi connectivity index (χ0v) is 31.2. The van der Waals surface area contributed by atoms with Gasteiger partial charge in [0, 0.05) is 71.8 Å². The van der Waals surface area contributed by atoms with Crippen LogP contribution < -0.4 is 0 Å². The highest BCUT2D eigenvalue weighted by Crippen LogP contribution is 2.34. The molecule has 0 saturated carbocycles. The Morgan fingerprint density at radius 2 is 1.15 bits per heavy atom. The van der Waals surface area contributed by atoms with Crippen LogP contribution in [0.25, 0.3) is 43.6 Å². The number of nitrogens with zero attached hydrogens (tertiary/aromatic N) is 4. The monoisotopic (exact) mass is 720 g/mol. The van der Waals surface area contributed by atoms with Gasteiger partial charge < -0.3 is 28.9 Å². The number of aromatic nitrogens is 4. The Morgan fingerprint density at radius 1 is 0.698 bits per heavy atom. The first-order valence-electron chi connectivity index (χ1n) is 18.5. The molecule has 12 nitrogen and oxygen atoms in total. The molecule has 2 saturated heterocycles. The third-order valence-electron chi connectivity index (χ3n) is 9.98. The van der Waals surface area contributed by atoms with E-state index in [2.05, 4.69) is 66.1 Å². The van der Waals surface area contributed by atoms with Crippen molar-refractivity contribution >= 4 is 55.6 Å². The second kappa shape index (κ2) is 16.0. The molecule has 0 bridgehead atoms. The van der Waals surface area contributed by atoms with Crippen LogP contribution in [0.3, 0.4) is 0 Å². The van der Waals surface area contributed by atoms with Gasteiger partial charge in [0.15, 0.2) is 11.4 Å². The second-order valence-corrected chi connectivity index (χ2v) is 13.9. The van der Waals surface area contributed by atoms with Crippen molar-refractivity contribution in [3.8, 4) is 0 Å². The average Bonchev–Trinajstić information content (AvgIpc) is 3.74. The summed E-state index contributed by atoms with van der Waals surface area (Å²) in [5.74, 6) is -0.740. The van der Waals surface area contributed by atoms with Crippen molar-refractivity contribution in [1.82, 2.24) is 29.7 Å². The number of nitrogens with one attached hydrogen (secondary N) is 2. The van der Waals surface area contributed by atoms with Crippen LogP contribution in [-0.4, -0.2) is 107 Å². The minimum atomic E-state index is -0.371. The number of esters is 2. The van der Waals surface area contributed by atoms with Gasteiger partial charge in [0.2, 0.25) is 0 Å². The van der Waals surface area contributed by atoms with Crippen molar-refractivity contribution in [3.05, 3.63) is 82.4 Å². The van der Waals surface area contributed by atoms with E-state index in [1.165, 1.54) is 16.5 Å². The topological polar surface area (TPSA) is 135 Å². The second-order valence-electron chi connectivity index (χ2n) is 13.9. The van der Waals surface area contributed by atoms with E-state index in [1.807, 2.05) is 27.7 Å². The quantitative estimate of drug-likeness (QED) is 0.169. The highest BCUT2D eigenvalue weighted by molar-refractivity contribution is 6.13. The van der Waals surface area contributed by atoms with E-state index in [0.717, 1.165) is 115 Å². The Hall–Kier alpha value is -4.88. The summed E-state index contributed by atoms with van der Waals surface area (Å²) >= 11 is 0. The first-order valence-corrected chi connectivity index (χ1v) is 18.5. The van der Waals surface area contributed by atoms with Gasteiger partial charge >= 0.3 is 11.9 Å². The predicted octanol–water partition coefficient (Wildman–Crippen LogP) is 6.46. The lowest BCUT2D eigenvalue weighted by molar-refractivity contribution is 0.0343. The molecule has 0 amide bonds.